The van der Waals surface area contributed by atoms with Crippen molar-refractivity contribution in [2.24, 2.45) is 0 Å². The molecule has 0 aliphatic carbocycles. The number of carbonyl (C=O) groups excluding carboxylic acids is 1. The molecule has 2 aromatic rings. The Morgan fingerprint density at radius 1 is 1.24 bits per heavy atom. The highest BCUT2D eigenvalue weighted by Crippen LogP contribution is 2.20. The molecule has 1 unspecified atom stereocenters. The van der Waals surface area contributed by atoms with Crippen LogP contribution in [0.15, 0.2) is 42.6 Å². The van der Waals surface area contributed by atoms with Crippen LogP contribution in [0.1, 0.15) is 12.0 Å². The van der Waals surface area contributed by atoms with Gasteiger partial charge in [0.25, 0.3) is 5.91 Å². The summed E-state index contributed by atoms with van der Waals surface area (Å²) in [5.74, 6) is -0.0904. The van der Waals surface area contributed by atoms with Crippen molar-refractivity contribution in [3.63, 3.8) is 0 Å². The van der Waals surface area contributed by atoms with Crippen LogP contribution in [0.25, 0.3) is 17.0 Å². The summed E-state index contributed by atoms with van der Waals surface area (Å²) in [4.78, 5) is 17.0. The normalized spacial score (nSPS) is 19.7. The molecule has 1 aliphatic rings. The molecule has 1 saturated heterocycles. The van der Waals surface area contributed by atoms with E-state index in [1.54, 1.807) is 31.4 Å². The van der Waals surface area contributed by atoms with Crippen LogP contribution >= 0.6 is 0 Å². The molecule has 1 aromatic carbocycles. The van der Waals surface area contributed by atoms with E-state index in [2.05, 4.69) is 4.98 Å². The molecule has 6 nitrogen and oxygen atoms in total. The molecular formula is C18H21N3O3S. The molecule has 2 heterocycles. The lowest BCUT2D eigenvalue weighted by Crippen LogP contribution is -2.48. The van der Waals surface area contributed by atoms with Crippen molar-refractivity contribution in [1.82, 2.24) is 15.0 Å². The molecule has 0 N–H and O–H groups in total. The Balaban J connectivity index is 1.85. The lowest BCUT2D eigenvalue weighted by Gasteiger charge is -2.32. The van der Waals surface area contributed by atoms with E-state index in [1.807, 2.05) is 30.3 Å². The van der Waals surface area contributed by atoms with Gasteiger partial charge in [-0.05, 0) is 18.6 Å². The van der Waals surface area contributed by atoms with Crippen LogP contribution in [0.3, 0.4) is 0 Å². The van der Waals surface area contributed by atoms with Gasteiger partial charge in [0.15, 0.2) is 9.84 Å². The van der Waals surface area contributed by atoms with E-state index < -0.39 is 9.84 Å². The van der Waals surface area contributed by atoms with E-state index in [9.17, 15) is 13.2 Å². The number of hydrazine groups is 1. The second-order valence-corrected chi connectivity index (χ2v) is 8.57. The van der Waals surface area contributed by atoms with Gasteiger partial charge >= 0.3 is 0 Å². The van der Waals surface area contributed by atoms with Crippen molar-refractivity contribution >= 4 is 32.7 Å². The van der Waals surface area contributed by atoms with Gasteiger partial charge in [-0.2, -0.15) is 0 Å². The highest BCUT2D eigenvalue weighted by Gasteiger charge is 2.35. The molecule has 1 aliphatic heterocycles. The van der Waals surface area contributed by atoms with Crippen LogP contribution in [0.4, 0.5) is 0 Å². The van der Waals surface area contributed by atoms with Crippen LogP contribution in [0.5, 0.6) is 0 Å². The number of nitrogens with zero attached hydrogens (tertiary/aromatic N) is 3. The van der Waals surface area contributed by atoms with Gasteiger partial charge in [0, 0.05) is 37.3 Å². The van der Waals surface area contributed by atoms with Crippen LogP contribution in [-0.2, 0) is 14.6 Å². The van der Waals surface area contributed by atoms with Crippen molar-refractivity contribution < 1.29 is 13.2 Å². The first-order chi connectivity index (χ1) is 11.9. The smallest absolute Gasteiger partial charge is 0.261 e. The van der Waals surface area contributed by atoms with Crippen LogP contribution in [0, 0.1) is 0 Å². The zero-order valence-electron chi connectivity index (χ0n) is 14.3. The van der Waals surface area contributed by atoms with Gasteiger partial charge < -0.3 is 0 Å². The minimum absolute atomic E-state index is 0.0145. The summed E-state index contributed by atoms with van der Waals surface area (Å²) in [5, 5.41) is 4.17. The molecule has 0 bridgehead atoms. The topological polar surface area (TPSA) is 70.6 Å². The van der Waals surface area contributed by atoms with E-state index in [4.69, 9.17) is 0 Å². The van der Waals surface area contributed by atoms with Gasteiger partial charge in [-0.25, -0.2) is 13.4 Å². The van der Waals surface area contributed by atoms with Gasteiger partial charge in [-0.3, -0.25) is 14.8 Å². The molecule has 25 heavy (non-hydrogen) atoms. The number of hydrogen-bond donors (Lipinski definition) is 0. The Hall–Kier alpha value is -2.25. The van der Waals surface area contributed by atoms with Gasteiger partial charge in [0.2, 0.25) is 0 Å². The SMILES string of the molecule is CN(C)N(C(=O)/C=C/c1cccc2cccnc12)C1CCS(=O)(=O)C1. The minimum Gasteiger partial charge on any atom is -0.268 e. The predicted octanol–water partition coefficient (Wildman–Crippen LogP) is 1.74. The molecule has 1 atom stereocenters. The number of hydrogen-bond acceptors (Lipinski definition) is 5. The molecule has 1 aromatic heterocycles. The van der Waals surface area contributed by atoms with Crippen molar-refractivity contribution in [2.75, 3.05) is 25.6 Å². The third kappa shape index (κ3) is 3.88. The monoisotopic (exact) mass is 359 g/mol. The molecule has 0 radical (unpaired) electrons. The third-order valence-electron chi connectivity index (χ3n) is 4.28. The summed E-state index contributed by atoms with van der Waals surface area (Å²) < 4.78 is 23.5. The fourth-order valence-corrected chi connectivity index (χ4v) is 4.86. The fourth-order valence-electron chi connectivity index (χ4n) is 3.17. The Labute approximate surface area is 147 Å². The van der Waals surface area contributed by atoms with Crippen LogP contribution < -0.4 is 0 Å². The lowest BCUT2D eigenvalue weighted by molar-refractivity contribution is -0.143. The number of rotatable bonds is 4. The number of amides is 1. The number of sulfone groups is 1. The first-order valence-electron chi connectivity index (χ1n) is 8.10. The summed E-state index contributed by atoms with van der Waals surface area (Å²) in [6, 6.07) is 9.31. The standard InChI is InChI=1S/C18H21N3O3S/c1-20(2)21(16-10-12-25(23,24)13-16)17(22)9-8-15-6-3-5-14-7-4-11-19-18(14)15/h3-9,11,16H,10,12-13H2,1-2H3/b9-8+. The van der Waals surface area contributed by atoms with E-state index in [-0.39, 0.29) is 23.5 Å². The maximum absolute atomic E-state index is 12.7. The predicted molar refractivity (Wildman–Crippen MR) is 98.4 cm³/mol. The van der Waals surface area contributed by atoms with Crippen molar-refractivity contribution in [2.45, 2.75) is 12.5 Å². The first kappa shape index (κ1) is 17.6. The van der Waals surface area contributed by atoms with Gasteiger partial charge in [0.05, 0.1) is 23.1 Å². The molecular weight excluding hydrogens is 338 g/mol. The Morgan fingerprint density at radius 2 is 2.00 bits per heavy atom. The van der Waals surface area contributed by atoms with Gasteiger partial charge in [-0.15, -0.1) is 0 Å². The first-order valence-corrected chi connectivity index (χ1v) is 9.92. The minimum atomic E-state index is -3.06. The Bertz CT molecular complexity index is 917. The zero-order chi connectivity index (χ0) is 18.0. The lowest BCUT2D eigenvalue weighted by atomic mass is 10.1. The Kier molecular flexibility index (Phi) is 4.87. The largest absolute Gasteiger partial charge is 0.268 e. The molecule has 132 valence electrons. The van der Waals surface area contributed by atoms with Crippen molar-refractivity contribution in [3.05, 3.63) is 48.2 Å². The average Bonchev–Trinajstić information content (AvgIpc) is 2.92. The van der Waals surface area contributed by atoms with Crippen molar-refractivity contribution in [1.29, 1.82) is 0 Å². The van der Waals surface area contributed by atoms with Gasteiger partial charge in [-0.1, -0.05) is 24.3 Å². The highest BCUT2D eigenvalue weighted by molar-refractivity contribution is 7.91. The van der Waals surface area contributed by atoms with Crippen LogP contribution in [-0.4, -0.2) is 61.0 Å². The van der Waals surface area contributed by atoms with E-state index >= 15 is 0 Å². The van der Waals surface area contributed by atoms with Crippen LogP contribution in [0.2, 0.25) is 0 Å². The van der Waals surface area contributed by atoms with Crippen molar-refractivity contribution in [3.8, 4) is 0 Å². The zero-order valence-corrected chi connectivity index (χ0v) is 15.1. The molecule has 0 saturated carbocycles. The summed E-state index contributed by atoms with van der Waals surface area (Å²) in [7, 11) is 0.434. The maximum Gasteiger partial charge on any atom is 0.261 e. The quantitative estimate of drug-likeness (QED) is 0.614. The van der Waals surface area contributed by atoms with Gasteiger partial charge in [0.1, 0.15) is 0 Å². The summed E-state index contributed by atoms with van der Waals surface area (Å²) in [6.45, 7) is 0. The van der Waals surface area contributed by atoms with E-state index in [1.165, 1.54) is 11.1 Å². The summed E-state index contributed by atoms with van der Waals surface area (Å²) in [6.07, 6.45) is 5.40. The number of para-hydroxylation sites is 1. The Morgan fingerprint density at radius 3 is 2.68 bits per heavy atom. The number of aromatic nitrogens is 1. The molecule has 0 spiro atoms. The average molecular weight is 359 g/mol. The summed E-state index contributed by atoms with van der Waals surface area (Å²) in [5.41, 5.74) is 1.68. The van der Waals surface area contributed by atoms with E-state index in [0.717, 1.165) is 16.5 Å². The van der Waals surface area contributed by atoms with E-state index in [0.29, 0.717) is 6.42 Å². The molecule has 7 heteroatoms. The third-order valence-corrected chi connectivity index (χ3v) is 6.03. The second-order valence-electron chi connectivity index (χ2n) is 6.34. The highest BCUT2D eigenvalue weighted by atomic mass is 32.2. The maximum atomic E-state index is 12.7. The second kappa shape index (κ2) is 6.93. The number of benzene rings is 1. The number of fused-ring (bicyclic) bond motifs is 1. The fraction of sp³-hybridized carbons (Fsp3) is 0.333. The molecule has 1 amide bonds. The number of carbonyl (C=O) groups is 1. The summed E-state index contributed by atoms with van der Waals surface area (Å²) >= 11 is 0. The molecule has 1 fully saturated rings. The number of pyridine rings is 1. The molecule has 3 rings (SSSR count).